The van der Waals surface area contributed by atoms with Crippen molar-refractivity contribution < 1.29 is 17.0 Å². The second-order valence-electron chi connectivity index (χ2n) is 8.90. The van der Waals surface area contributed by atoms with Gasteiger partial charge in [-0.3, -0.25) is 4.18 Å². The van der Waals surface area contributed by atoms with E-state index in [0.29, 0.717) is 12.5 Å². The first kappa shape index (κ1) is 23.3. The minimum Gasteiger partial charge on any atom is -0.417 e. The van der Waals surface area contributed by atoms with E-state index in [1.54, 1.807) is 24.3 Å². The lowest BCUT2D eigenvalue weighted by molar-refractivity contribution is 0.187. The van der Waals surface area contributed by atoms with Gasteiger partial charge in [0.2, 0.25) is 0 Å². The SMILES string of the molecule is Cc1ccc(S(=O)(=O)OCC(C)[C@H](C)CCO[Si](C)(C)C(C)(C)C)cc1. The van der Waals surface area contributed by atoms with Crippen molar-refractivity contribution in [2.75, 3.05) is 13.2 Å². The highest BCUT2D eigenvalue weighted by molar-refractivity contribution is 7.86. The molecule has 0 aliphatic heterocycles. The second-order valence-corrected chi connectivity index (χ2v) is 15.3. The van der Waals surface area contributed by atoms with Gasteiger partial charge in [-0.05, 0) is 55.4 Å². The van der Waals surface area contributed by atoms with E-state index in [1.807, 2.05) is 13.8 Å². The lowest BCUT2D eigenvalue weighted by Gasteiger charge is -2.36. The van der Waals surface area contributed by atoms with Gasteiger partial charge in [0, 0.05) is 6.61 Å². The van der Waals surface area contributed by atoms with Crippen LogP contribution in [0, 0.1) is 18.8 Å². The van der Waals surface area contributed by atoms with Crippen molar-refractivity contribution in [3.8, 4) is 0 Å². The molecule has 2 atom stereocenters. The summed E-state index contributed by atoms with van der Waals surface area (Å²) in [4.78, 5) is 0.212. The van der Waals surface area contributed by atoms with Gasteiger partial charge in [0.1, 0.15) is 0 Å². The maximum atomic E-state index is 12.3. The van der Waals surface area contributed by atoms with Crippen molar-refractivity contribution in [2.45, 2.75) is 71.0 Å². The van der Waals surface area contributed by atoms with Crippen LogP contribution in [-0.4, -0.2) is 29.9 Å². The lowest BCUT2D eigenvalue weighted by atomic mass is 9.94. The third-order valence-electron chi connectivity index (χ3n) is 5.61. The largest absolute Gasteiger partial charge is 0.417 e. The highest BCUT2D eigenvalue weighted by Gasteiger charge is 2.37. The molecule has 0 radical (unpaired) electrons. The molecule has 4 nitrogen and oxygen atoms in total. The van der Waals surface area contributed by atoms with E-state index in [0.717, 1.165) is 12.0 Å². The highest BCUT2D eigenvalue weighted by Crippen LogP contribution is 2.36. The van der Waals surface area contributed by atoms with E-state index in [-0.39, 0.29) is 22.5 Å². The smallest absolute Gasteiger partial charge is 0.296 e. The zero-order valence-corrected chi connectivity index (χ0v) is 19.4. The molecule has 0 saturated carbocycles. The standard InChI is InChI=1S/C20H36O4SSi/c1-16-9-11-19(12-10-16)25(21,22)23-15-18(3)17(2)13-14-24-26(7,8)20(4,5)6/h9-12,17-18H,13-15H2,1-8H3/t17-,18?/m1/s1. The van der Waals surface area contributed by atoms with E-state index in [9.17, 15) is 8.42 Å². The summed E-state index contributed by atoms with van der Waals surface area (Å²) in [7, 11) is -5.42. The molecule has 0 heterocycles. The summed E-state index contributed by atoms with van der Waals surface area (Å²) in [6.45, 7) is 18.2. The van der Waals surface area contributed by atoms with Gasteiger partial charge in [0.15, 0.2) is 8.32 Å². The molecule has 0 aliphatic rings. The second kappa shape index (κ2) is 9.00. The van der Waals surface area contributed by atoms with Crippen molar-refractivity contribution in [3.05, 3.63) is 29.8 Å². The average Bonchev–Trinajstić information content (AvgIpc) is 2.51. The van der Waals surface area contributed by atoms with Crippen LogP contribution in [0.25, 0.3) is 0 Å². The van der Waals surface area contributed by atoms with Crippen LogP contribution in [-0.2, 0) is 18.7 Å². The summed E-state index contributed by atoms with van der Waals surface area (Å²) in [6.07, 6.45) is 0.904. The molecule has 0 fully saturated rings. The summed E-state index contributed by atoms with van der Waals surface area (Å²) in [6, 6.07) is 6.73. The Morgan fingerprint density at radius 3 is 2.08 bits per heavy atom. The van der Waals surface area contributed by atoms with Crippen LogP contribution in [0.1, 0.15) is 46.6 Å². The average molecular weight is 401 g/mol. The lowest BCUT2D eigenvalue weighted by Crippen LogP contribution is -2.41. The summed E-state index contributed by atoms with van der Waals surface area (Å²) in [5.41, 5.74) is 1.02. The first-order chi connectivity index (χ1) is 11.8. The molecular formula is C20H36O4SSi. The van der Waals surface area contributed by atoms with Crippen LogP contribution in [0.2, 0.25) is 18.1 Å². The highest BCUT2D eigenvalue weighted by atomic mass is 32.2. The van der Waals surface area contributed by atoms with Gasteiger partial charge < -0.3 is 4.43 Å². The van der Waals surface area contributed by atoms with Crippen molar-refractivity contribution in [1.82, 2.24) is 0 Å². The fourth-order valence-electron chi connectivity index (χ4n) is 2.14. The normalized spacial score (nSPS) is 15.7. The Hall–Kier alpha value is -0.693. The topological polar surface area (TPSA) is 52.6 Å². The third kappa shape index (κ3) is 6.80. The number of benzene rings is 1. The molecule has 1 aromatic carbocycles. The van der Waals surface area contributed by atoms with Crippen LogP contribution in [0.15, 0.2) is 29.2 Å². The van der Waals surface area contributed by atoms with Gasteiger partial charge >= 0.3 is 0 Å². The van der Waals surface area contributed by atoms with E-state index in [2.05, 4.69) is 40.8 Å². The molecule has 0 bridgehead atoms. The van der Waals surface area contributed by atoms with Crippen LogP contribution in [0.4, 0.5) is 0 Å². The van der Waals surface area contributed by atoms with Gasteiger partial charge in [-0.25, -0.2) is 0 Å². The predicted octanol–water partition coefficient (Wildman–Crippen LogP) is 5.38. The summed E-state index contributed by atoms with van der Waals surface area (Å²) in [5.74, 6) is 0.464. The molecule has 1 rings (SSSR count). The first-order valence-electron chi connectivity index (χ1n) is 9.36. The van der Waals surface area contributed by atoms with E-state index >= 15 is 0 Å². The predicted molar refractivity (Wildman–Crippen MR) is 110 cm³/mol. The molecule has 150 valence electrons. The first-order valence-corrected chi connectivity index (χ1v) is 13.7. The quantitative estimate of drug-likeness (QED) is 0.412. The van der Waals surface area contributed by atoms with Crippen molar-refractivity contribution in [2.24, 2.45) is 11.8 Å². The van der Waals surface area contributed by atoms with Crippen LogP contribution >= 0.6 is 0 Å². The summed E-state index contributed by atoms with van der Waals surface area (Å²) < 4.78 is 36.1. The summed E-state index contributed by atoms with van der Waals surface area (Å²) in [5, 5.41) is 0.201. The molecule has 0 aliphatic carbocycles. The van der Waals surface area contributed by atoms with Gasteiger partial charge in [-0.2, -0.15) is 8.42 Å². The Balaban J connectivity index is 2.49. The van der Waals surface area contributed by atoms with E-state index < -0.39 is 18.4 Å². The maximum absolute atomic E-state index is 12.3. The minimum atomic E-state index is -3.69. The number of hydrogen-bond acceptors (Lipinski definition) is 4. The van der Waals surface area contributed by atoms with Gasteiger partial charge in [-0.15, -0.1) is 0 Å². The van der Waals surface area contributed by atoms with Crippen molar-refractivity contribution >= 4 is 18.4 Å². The number of aryl methyl sites for hydroxylation is 1. The van der Waals surface area contributed by atoms with Gasteiger partial charge in [0.05, 0.1) is 11.5 Å². The molecule has 26 heavy (non-hydrogen) atoms. The molecule has 0 spiro atoms. The van der Waals surface area contributed by atoms with Crippen LogP contribution in [0.5, 0.6) is 0 Å². The van der Waals surface area contributed by atoms with Crippen LogP contribution < -0.4 is 0 Å². The number of hydrogen-bond donors (Lipinski definition) is 0. The molecule has 0 aromatic heterocycles. The molecule has 0 N–H and O–H groups in total. The maximum Gasteiger partial charge on any atom is 0.296 e. The Morgan fingerprint density at radius 2 is 1.58 bits per heavy atom. The molecule has 1 unspecified atom stereocenters. The molecule has 6 heteroatoms. The van der Waals surface area contributed by atoms with E-state index in [1.165, 1.54) is 0 Å². The van der Waals surface area contributed by atoms with E-state index in [4.69, 9.17) is 8.61 Å². The Kier molecular flexibility index (Phi) is 8.08. The minimum absolute atomic E-state index is 0.137. The summed E-state index contributed by atoms with van der Waals surface area (Å²) >= 11 is 0. The molecule has 0 amide bonds. The van der Waals surface area contributed by atoms with Gasteiger partial charge in [-0.1, -0.05) is 52.3 Å². The third-order valence-corrected chi connectivity index (χ3v) is 11.4. The Morgan fingerprint density at radius 1 is 1.04 bits per heavy atom. The Labute approximate surface area is 161 Å². The monoisotopic (exact) mass is 400 g/mol. The zero-order chi connectivity index (χ0) is 20.2. The zero-order valence-electron chi connectivity index (χ0n) is 17.6. The van der Waals surface area contributed by atoms with Crippen LogP contribution in [0.3, 0.4) is 0 Å². The van der Waals surface area contributed by atoms with Crippen molar-refractivity contribution in [1.29, 1.82) is 0 Å². The Bertz CT molecular complexity index is 660. The van der Waals surface area contributed by atoms with Crippen molar-refractivity contribution in [3.63, 3.8) is 0 Å². The molecular weight excluding hydrogens is 364 g/mol. The molecule has 0 saturated heterocycles. The fourth-order valence-corrected chi connectivity index (χ4v) is 4.20. The fraction of sp³-hybridized carbons (Fsp3) is 0.700. The van der Waals surface area contributed by atoms with Gasteiger partial charge in [0.25, 0.3) is 10.1 Å². The number of rotatable bonds is 9. The molecule has 1 aromatic rings.